The molecule has 0 saturated heterocycles. The fourth-order valence-corrected chi connectivity index (χ4v) is 5.32. The standard InChI is InChI=1S/C15H23NO3S2/c1-12-13(10-17)6-5-7-14(12)21(18,19)16-11-15(20-2)8-3-4-9-15/h5-7,16-17H,3-4,8-11H2,1-2H3. The van der Waals surface area contributed by atoms with Gasteiger partial charge in [0.25, 0.3) is 0 Å². The van der Waals surface area contributed by atoms with E-state index in [1.54, 1.807) is 36.9 Å². The van der Waals surface area contributed by atoms with Crippen molar-refractivity contribution >= 4 is 21.8 Å². The van der Waals surface area contributed by atoms with E-state index in [-0.39, 0.29) is 16.2 Å². The lowest BCUT2D eigenvalue weighted by Gasteiger charge is -2.27. The average Bonchev–Trinajstić information content (AvgIpc) is 2.95. The number of rotatable bonds is 6. The molecule has 0 bridgehead atoms. The van der Waals surface area contributed by atoms with E-state index in [2.05, 4.69) is 11.0 Å². The first kappa shape index (κ1) is 16.8. The highest BCUT2D eigenvalue weighted by atomic mass is 32.2. The summed E-state index contributed by atoms with van der Waals surface area (Å²) in [5.41, 5.74) is 1.27. The zero-order valence-electron chi connectivity index (χ0n) is 12.6. The maximum atomic E-state index is 12.5. The number of aliphatic hydroxyl groups excluding tert-OH is 1. The Hall–Kier alpha value is -0.560. The Kier molecular flexibility index (Phi) is 5.35. The molecule has 0 aromatic heterocycles. The van der Waals surface area contributed by atoms with Crippen LogP contribution in [0.25, 0.3) is 0 Å². The third kappa shape index (κ3) is 3.62. The molecule has 0 amide bonds. The molecule has 118 valence electrons. The minimum absolute atomic E-state index is 0.0373. The van der Waals surface area contributed by atoms with Crippen LogP contribution in [0.1, 0.15) is 36.8 Å². The van der Waals surface area contributed by atoms with Crippen LogP contribution in [0.4, 0.5) is 0 Å². The molecule has 2 rings (SSSR count). The molecule has 4 nitrogen and oxygen atoms in total. The highest BCUT2D eigenvalue weighted by Crippen LogP contribution is 2.39. The van der Waals surface area contributed by atoms with Crippen molar-refractivity contribution in [2.45, 2.75) is 48.9 Å². The second kappa shape index (κ2) is 6.69. The molecule has 1 aliphatic carbocycles. The first-order chi connectivity index (χ1) is 9.94. The third-order valence-corrected chi connectivity index (χ3v) is 7.35. The number of thioether (sulfide) groups is 1. The number of hydrogen-bond acceptors (Lipinski definition) is 4. The molecule has 6 heteroatoms. The van der Waals surface area contributed by atoms with E-state index in [1.165, 1.54) is 12.8 Å². The molecule has 1 fully saturated rings. The van der Waals surface area contributed by atoms with Crippen LogP contribution < -0.4 is 4.72 Å². The largest absolute Gasteiger partial charge is 0.392 e. The molecule has 2 N–H and O–H groups in total. The third-order valence-electron chi connectivity index (χ3n) is 4.39. The van der Waals surface area contributed by atoms with E-state index in [4.69, 9.17) is 0 Å². The van der Waals surface area contributed by atoms with Gasteiger partial charge in [0.2, 0.25) is 10.0 Å². The summed E-state index contributed by atoms with van der Waals surface area (Å²) in [4.78, 5) is 0.267. The van der Waals surface area contributed by atoms with Crippen molar-refractivity contribution in [1.29, 1.82) is 0 Å². The van der Waals surface area contributed by atoms with Gasteiger partial charge in [0.15, 0.2) is 0 Å². The van der Waals surface area contributed by atoms with Crippen molar-refractivity contribution in [3.63, 3.8) is 0 Å². The number of aliphatic hydroxyl groups is 1. The summed E-state index contributed by atoms with van der Waals surface area (Å²) >= 11 is 1.76. The quantitative estimate of drug-likeness (QED) is 0.841. The van der Waals surface area contributed by atoms with Gasteiger partial charge in [-0.1, -0.05) is 25.0 Å². The Balaban J connectivity index is 2.19. The van der Waals surface area contributed by atoms with Crippen LogP contribution >= 0.6 is 11.8 Å². The first-order valence-corrected chi connectivity index (χ1v) is 9.89. The van der Waals surface area contributed by atoms with Crippen molar-refractivity contribution in [2.24, 2.45) is 0 Å². The molecule has 1 aromatic carbocycles. The molecule has 1 aliphatic rings. The molecule has 1 saturated carbocycles. The molecule has 0 aliphatic heterocycles. The van der Waals surface area contributed by atoms with Crippen molar-refractivity contribution in [1.82, 2.24) is 4.72 Å². The molecule has 21 heavy (non-hydrogen) atoms. The van der Waals surface area contributed by atoms with Gasteiger partial charge < -0.3 is 5.11 Å². The van der Waals surface area contributed by atoms with Crippen molar-refractivity contribution in [3.8, 4) is 0 Å². The van der Waals surface area contributed by atoms with E-state index >= 15 is 0 Å². The maximum absolute atomic E-state index is 12.5. The van der Waals surface area contributed by atoms with Crippen LogP contribution in [0.15, 0.2) is 23.1 Å². The molecular formula is C15H23NO3S2. The predicted molar refractivity (Wildman–Crippen MR) is 87.0 cm³/mol. The van der Waals surface area contributed by atoms with E-state index in [9.17, 15) is 13.5 Å². The number of nitrogens with one attached hydrogen (secondary N) is 1. The lowest BCUT2D eigenvalue weighted by molar-refractivity contribution is 0.280. The Morgan fingerprint density at radius 1 is 1.33 bits per heavy atom. The average molecular weight is 329 g/mol. The highest BCUT2D eigenvalue weighted by Gasteiger charge is 2.34. The number of hydrogen-bond donors (Lipinski definition) is 2. The van der Waals surface area contributed by atoms with Crippen LogP contribution in [0.2, 0.25) is 0 Å². The minimum Gasteiger partial charge on any atom is -0.392 e. The fourth-order valence-electron chi connectivity index (χ4n) is 2.90. The Bertz CT molecular complexity index is 593. The van der Waals surface area contributed by atoms with Crippen molar-refractivity contribution in [2.75, 3.05) is 12.8 Å². The monoisotopic (exact) mass is 329 g/mol. The van der Waals surface area contributed by atoms with Crippen molar-refractivity contribution in [3.05, 3.63) is 29.3 Å². The van der Waals surface area contributed by atoms with Gasteiger partial charge in [-0.2, -0.15) is 11.8 Å². The second-order valence-electron chi connectivity index (χ2n) is 5.62. The van der Waals surface area contributed by atoms with Gasteiger partial charge in [-0.15, -0.1) is 0 Å². The zero-order valence-corrected chi connectivity index (χ0v) is 14.2. The summed E-state index contributed by atoms with van der Waals surface area (Å²) in [7, 11) is -3.53. The van der Waals surface area contributed by atoms with Gasteiger partial charge >= 0.3 is 0 Å². The van der Waals surface area contributed by atoms with Gasteiger partial charge in [-0.25, -0.2) is 13.1 Å². The van der Waals surface area contributed by atoms with Crippen LogP contribution in [0, 0.1) is 6.92 Å². The van der Waals surface area contributed by atoms with Crippen LogP contribution in [0.3, 0.4) is 0 Å². The predicted octanol–water partition coefficient (Wildman–Crippen LogP) is 2.44. The lowest BCUT2D eigenvalue weighted by atomic mass is 10.1. The summed E-state index contributed by atoms with van der Waals surface area (Å²) in [5, 5.41) is 9.27. The summed E-state index contributed by atoms with van der Waals surface area (Å²) < 4.78 is 27.9. The Morgan fingerprint density at radius 3 is 2.57 bits per heavy atom. The topological polar surface area (TPSA) is 66.4 Å². The zero-order chi connectivity index (χ0) is 15.5. The number of sulfonamides is 1. The highest BCUT2D eigenvalue weighted by molar-refractivity contribution is 8.00. The van der Waals surface area contributed by atoms with Gasteiger partial charge in [-0.3, -0.25) is 0 Å². The molecule has 0 unspecified atom stereocenters. The van der Waals surface area contributed by atoms with Crippen LogP contribution in [-0.4, -0.2) is 31.1 Å². The minimum atomic E-state index is -3.53. The van der Waals surface area contributed by atoms with Crippen molar-refractivity contribution < 1.29 is 13.5 Å². The van der Waals surface area contributed by atoms with Gasteiger partial charge in [0.1, 0.15) is 0 Å². The molecule has 1 aromatic rings. The van der Waals surface area contributed by atoms with E-state index < -0.39 is 10.0 Å². The molecular weight excluding hydrogens is 306 g/mol. The second-order valence-corrected chi connectivity index (χ2v) is 8.63. The van der Waals surface area contributed by atoms with Crippen LogP contribution in [-0.2, 0) is 16.6 Å². The number of benzene rings is 1. The van der Waals surface area contributed by atoms with Gasteiger partial charge in [0.05, 0.1) is 11.5 Å². The first-order valence-electron chi connectivity index (χ1n) is 7.18. The van der Waals surface area contributed by atoms with E-state index in [0.29, 0.717) is 17.7 Å². The normalized spacial score (nSPS) is 18.0. The SMILES string of the molecule is CSC1(CNS(=O)(=O)c2cccc(CO)c2C)CCCC1. The summed E-state index contributed by atoms with van der Waals surface area (Å²) in [5.74, 6) is 0. The molecule has 0 radical (unpaired) electrons. The smallest absolute Gasteiger partial charge is 0.240 e. The summed E-state index contributed by atoms with van der Waals surface area (Å²) in [6.07, 6.45) is 6.51. The maximum Gasteiger partial charge on any atom is 0.240 e. The molecule has 0 heterocycles. The van der Waals surface area contributed by atoms with Gasteiger partial charge in [-0.05, 0) is 43.2 Å². The molecule has 0 spiro atoms. The van der Waals surface area contributed by atoms with Gasteiger partial charge in [0, 0.05) is 11.3 Å². The Morgan fingerprint density at radius 2 is 2.00 bits per heavy atom. The fraction of sp³-hybridized carbons (Fsp3) is 0.600. The summed E-state index contributed by atoms with van der Waals surface area (Å²) in [6, 6.07) is 5.01. The molecule has 0 atom stereocenters. The van der Waals surface area contributed by atoms with E-state index in [1.807, 2.05) is 0 Å². The Labute approximate surface area is 131 Å². The van der Waals surface area contributed by atoms with Crippen LogP contribution in [0.5, 0.6) is 0 Å². The van der Waals surface area contributed by atoms with E-state index in [0.717, 1.165) is 12.8 Å². The summed E-state index contributed by atoms with van der Waals surface area (Å²) in [6.45, 7) is 2.06. The lowest BCUT2D eigenvalue weighted by Crippen LogP contribution is -2.38.